The van der Waals surface area contributed by atoms with E-state index < -0.39 is 11.4 Å². The van der Waals surface area contributed by atoms with Crippen LogP contribution in [0.1, 0.15) is 31.2 Å². The number of halogens is 2. The van der Waals surface area contributed by atoms with Crippen LogP contribution in [-0.4, -0.2) is 13.2 Å². The second-order valence-corrected chi connectivity index (χ2v) is 4.79. The number of nitrogens with zero attached hydrogens (tertiary/aromatic N) is 1. The molecule has 0 heterocycles. The van der Waals surface area contributed by atoms with E-state index in [1.807, 2.05) is 0 Å². The zero-order chi connectivity index (χ0) is 13.2. The number of methoxy groups -OCH3 is 1. The minimum Gasteiger partial charge on any atom is -0.495 e. The molecule has 0 spiro atoms. The Hall–Kier alpha value is -1.38. The second kappa shape index (κ2) is 5.09. The molecule has 1 aliphatic carbocycles. The summed E-state index contributed by atoms with van der Waals surface area (Å²) in [5.41, 5.74) is -0.597. The van der Waals surface area contributed by atoms with Crippen molar-refractivity contribution < 1.29 is 13.9 Å². The minimum atomic E-state index is -0.873. The van der Waals surface area contributed by atoms with Gasteiger partial charge >= 0.3 is 0 Å². The van der Waals surface area contributed by atoms with Crippen LogP contribution in [0.15, 0.2) is 17.1 Å². The van der Waals surface area contributed by atoms with Gasteiger partial charge in [-0.05, 0) is 25.0 Å². The van der Waals surface area contributed by atoms with Gasteiger partial charge in [0.15, 0.2) is 0 Å². The predicted molar refractivity (Wildman–Crippen MR) is 66.2 cm³/mol. The van der Waals surface area contributed by atoms with Gasteiger partial charge in [0.05, 0.1) is 17.7 Å². The molecule has 5 heteroatoms. The predicted octanol–water partition coefficient (Wildman–Crippen LogP) is 3.59. The molecule has 1 aliphatic rings. The van der Waals surface area contributed by atoms with E-state index in [1.165, 1.54) is 19.2 Å². The van der Waals surface area contributed by atoms with Crippen molar-refractivity contribution in [2.45, 2.75) is 31.2 Å². The molecule has 0 radical (unpaired) electrons. The summed E-state index contributed by atoms with van der Waals surface area (Å²) in [7, 11) is 1.43. The van der Waals surface area contributed by atoms with Gasteiger partial charge in [0, 0.05) is 0 Å². The van der Waals surface area contributed by atoms with E-state index in [1.54, 1.807) is 6.08 Å². The van der Waals surface area contributed by atoms with Crippen molar-refractivity contribution in [2.24, 2.45) is 4.99 Å². The van der Waals surface area contributed by atoms with Gasteiger partial charge in [0.2, 0.25) is 6.08 Å². The average molecular weight is 270 g/mol. The summed E-state index contributed by atoms with van der Waals surface area (Å²) in [6, 6.07) is 2.72. The first-order valence-electron chi connectivity index (χ1n) is 5.76. The topological polar surface area (TPSA) is 38.7 Å². The summed E-state index contributed by atoms with van der Waals surface area (Å²) in [4.78, 5) is 14.5. The molecular formula is C13H13ClFNO2. The zero-order valence-corrected chi connectivity index (χ0v) is 10.8. The SMILES string of the molecule is COc1c(Cl)ccc(F)c1C1(N=C=O)CCCC1. The van der Waals surface area contributed by atoms with Crippen LogP contribution in [0.3, 0.4) is 0 Å². The van der Waals surface area contributed by atoms with Gasteiger partial charge in [0.1, 0.15) is 17.1 Å². The molecule has 1 aromatic rings. The lowest BCUT2D eigenvalue weighted by molar-refractivity contribution is 0.366. The van der Waals surface area contributed by atoms with Gasteiger partial charge in [-0.2, -0.15) is 4.99 Å². The van der Waals surface area contributed by atoms with Crippen LogP contribution in [0, 0.1) is 5.82 Å². The fourth-order valence-corrected chi connectivity index (χ4v) is 2.87. The Bertz CT molecular complexity index is 506. The standard InChI is InChI=1S/C13H13ClFNO2/c1-18-12-9(14)4-5-10(15)11(12)13(16-8-17)6-2-3-7-13/h4-5H,2-3,6-7H2,1H3. The lowest BCUT2D eigenvalue weighted by atomic mass is 9.87. The number of aliphatic imine (C=N–C) groups is 1. The van der Waals surface area contributed by atoms with Gasteiger partial charge in [-0.3, -0.25) is 0 Å². The molecular weight excluding hydrogens is 257 g/mol. The number of carbonyl (C=O) groups excluding carboxylic acids is 1. The van der Waals surface area contributed by atoms with Crippen LogP contribution < -0.4 is 4.74 Å². The third-order valence-electron chi connectivity index (χ3n) is 3.42. The van der Waals surface area contributed by atoms with Crippen LogP contribution in [0.2, 0.25) is 5.02 Å². The van der Waals surface area contributed by atoms with Gasteiger partial charge in [-0.1, -0.05) is 24.4 Å². The molecule has 0 unspecified atom stereocenters. The van der Waals surface area contributed by atoms with E-state index >= 15 is 0 Å². The third-order valence-corrected chi connectivity index (χ3v) is 3.72. The van der Waals surface area contributed by atoms with Crippen LogP contribution in [-0.2, 0) is 10.3 Å². The van der Waals surface area contributed by atoms with Crippen molar-refractivity contribution in [3.8, 4) is 5.75 Å². The molecule has 0 atom stereocenters. The van der Waals surface area contributed by atoms with E-state index in [-0.39, 0.29) is 11.3 Å². The average Bonchev–Trinajstić information content (AvgIpc) is 2.81. The summed E-state index contributed by atoms with van der Waals surface area (Å²) in [5.74, 6) is -0.185. The number of rotatable bonds is 3. The van der Waals surface area contributed by atoms with Crippen molar-refractivity contribution >= 4 is 17.7 Å². The summed E-state index contributed by atoms with van der Waals surface area (Å²) in [5, 5.41) is 0.321. The first kappa shape index (κ1) is 13.1. The smallest absolute Gasteiger partial charge is 0.235 e. The monoisotopic (exact) mass is 269 g/mol. The van der Waals surface area contributed by atoms with Crippen molar-refractivity contribution in [1.82, 2.24) is 0 Å². The Morgan fingerprint density at radius 3 is 2.67 bits per heavy atom. The molecule has 96 valence electrons. The lowest BCUT2D eigenvalue weighted by Crippen LogP contribution is -2.22. The van der Waals surface area contributed by atoms with Crippen molar-refractivity contribution in [3.63, 3.8) is 0 Å². The van der Waals surface area contributed by atoms with Crippen LogP contribution in [0.4, 0.5) is 4.39 Å². The first-order chi connectivity index (χ1) is 8.64. The summed E-state index contributed by atoms with van der Waals surface area (Å²) in [6.07, 6.45) is 4.55. The van der Waals surface area contributed by atoms with Crippen LogP contribution >= 0.6 is 11.6 Å². The fraction of sp³-hybridized carbons (Fsp3) is 0.462. The quantitative estimate of drug-likeness (QED) is 0.621. The van der Waals surface area contributed by atoms with E-state index in [2.05, 4.69) is 4.99 Å². The Labute approximate surface area is 110 Å². The van der Waals surface area contributed by atoms with Crippen molar-refractivity contribution in [3.05, 3.63) is 28.5 Å². The molecule has 2 rings (SSSR count). The molecule has 3 nitrogen and oxygen atoms in total. The molecule has 0 N–H and O–H groups in total. The summed E-state index contributed by atoms with van der Waals surface area (Å²) in [6.45, 7) is 0. The van der Waals surface area contributed by atoms with E-state index in [0.717, 1.165) is 12.8 Å². The molecule has 0 aromatic heterocycles. The highest BCUT2D eigenvalue weighted by molar-refractivity contribution is 6.32. The van der Waals surface area contributed by atoms with Crippen molar-refractivity contribution in [1.29, 1.82) is 0 Å². The highest BCUT2D eigenvalue weighted by Crippen LogP contribution is 2.48. The maximum absolute atomic E-state index is 14.1. The number of isocyanates is 1. The molecule has 0 amide bonds. The maximum atomic E-state index is 14.1. The summed E-state index contributed by atoms with van der Waals surface area (Å²) >= 11 is 6.01. The number of ether oxygens (including phenoxy) is 1. The third kappa shape index (κ3) is 2.02. The number of benzene rings is 1. The van der Waals surface area contributed by atoms with Gasteiger partial charge in [0.25, 0.3) is 0 Å². The fourth-order valence-electron chi connectivity index (χ4n) is 2.63. The summed E-state index contributed by atoms with van der Waals surface area (Å²) < 4.78 is 19.3. The Morgan fingerprint density at radius 2 is 2.11 bits per heavy atom. The van der Waals surface area contributed by atoms with Crippen molar-refractivity contribution in [2.75, 3.05) is 7.11 Å². The maximum Gasteiger partial charge on any atom is 0.235 e. The number of hydrogen-bond donors (Lipinski definition) is 0. The van der Waals surface area contributed by atoms with Gasteiger partial charge < -0.3 is 4.74 Å². The number of hydrogen-bond acceptors (Lipinski definition) is 3. The molecule has 0 saturated heterocycles. The largest absolute Gasteiger partial charge is 0.495 e. The van der Waals surface area contributed by atoms with Gasteiger partial charge in [-0.15, -0.1) is 0 Å². The lowest BCUT2D eigenvalue weighted by Gasteiger charge is -2.25. The van der Waals surface area contributed by atoms with Crippen LogP contribution in [0.25, 0.3) is 0 Å². The molecule has 1 fully saturated rings. The van der Waals surface area contributed by atoms with Crippen LogP contribution in [0.5, 0.6) is 5.75 Å². The first-order valence-corrected chi connectivity index (χ1v) is 6.14. The minimum absolute atomic E-state index is 0.262. The molecule has 1 aromatic carbocycles. The van der Waals surface area contributed by atoms with Gasteiger partial charge in [-0.25, -0.2) is 9.18 Å². The molecule has 0 bridgehead atoms. The molecule has 0 aliphatic heterocycles. The Morgan fingerprint density at radius 1 is 1.44 bits per heavy atom. The molecule has 1 saturated carbocycles. The van der Waals surface area contributed by atoms with E-state index in [4.69, 9.17) is 16.3 Å². The van der Waals surface area contributed by atoms with E-state index in [0.29, 0.717) is 17.9 Å². The Balaban J connectivity index is 2.68. The Kier molecular flexibility index (Phi) is 3.69. The zero-order valence-electron chi connectivity index (χ0n) is 10.0. The second-order valence-electron chi connectivity index (χ2n) is 4.38. The van der Waals surface area contributed by atoms with E-state index in [9.17, 15) is 9.18 Å². The highest BCUT2D eigenvalue weighted by atomic mass is 35.5. The highest BCUT2D eigenvalue weighted by Gasteiger charge is 2.41. The normalized spacial score (nSPS) is 17.3. The molecule has 18 heavy (non-hydrogen) atoms.